The van der Waals surface area contributed by atoms with Crippen LogP contribution in [0.2, 0.25) is 0 Å². The highest BCUT2D eigenvalue weighted by atomic mass is 79.9. The summed E-state index contributed by atoms with van der Waals surface area (Å²) in [5.41, 5.74) is -2.17. The van der Waals surface area contributed by atoms with Crippen molar-refractivity contribution >= 4 is 50.8 Å². The number of halogens is 10. The predicted molar refractivity (Wildman–Crippen MR) is 104 cm³/mol. The van der Waals surface area contributed by atoms with Gasteiger partial charge in [-0.3, -0.25) is 4.79 Å². The molecule has 0 bridgehead atoms. The summed E-state index contributed by atoms with van der Waals surface area (Å²) in [5.74, 6) is -2.55. The molecule has 0 spiro atoms. The average Bonchev–Trinajstić information content (AvgIpc) is 2.61. The van der Waals surface area contributed by atoms with Crippen molar-refractivity contribution in [2.75, 3.05) is 11.1 Å². The van der Waals surface area contributed by atoms with Crippen molar-refractivity contribution in [1.82, 2.24) is 0 Å². The van der Waals surface area contributed by atoms with Crippen molar-refractivity contribution in [3.63, 3.8) is 0 Å². The van der Waals surface area contributed by atoms with Crippen molar-refractivity contribution in [2.24, 2.45) is 0 Å². The summed E-state index contributed by atoms with van der Waals surface area (Å²) in [6, 6.07) is 5.46. The Bertz CT molecular complexity index is 971. The summed E-state index contributed by atoms with van der Waals surface area (Å²) in [6.07, 6.45) is -12.4. The maximum absolute atomic E-state index is 14.3. The van der Waals surface area contributed by atoms with E-state index in [4.69, 9.17) is 5.73 Å². The second kappa shape index (κ2) is 10.0. The minimum Gasteiger partial charge on any atom is -0.399 e. The number of nitrogens with one attached hydrogen (secondary N) is 1. The van der Waals surface area contributed by atoms with E-state index in [-0.39, 0.29) is 23.4 Å². The van der Waals surface area contributed by atoms with E-state index in [9.17, 15) is 49.4 Å². The number of anilines is 2. The first-order chi connectivity index (χ1) is 14.4. The third-order valence-electron chi connectivity index (χ3n) is 3.67. The van der Waals surface area contributed by atoms with Gasteiger partial charge in [-0.05, 0) is 58.5 Å². The molecular weight excluding hydrogens is 547 g/mol. The molecule has 15 heteroatoms. The van der Waals surface area contributed by atoms with Gasteiger partial charge in [-0.25, -0.2) is 4.39 Å². The lowest BCUT2D eigenvalue weighted by atomic mass is 9.92. The number of amides is 1. The standard InChI is InChI=1S/C16H10BrF7N2O2.CF2S/c17-10-5-8(14(28,15(19,20)21)16(22,23)24)6-11(18)12(10)26-13(27)7-2-1-3-9(25)4-7;2-1(3)4/h1-6,28H,25H2,(H,26,27);. The average molecular weight is 557 g/mol. The quantitative estimate of drug-likeness (QED) is 0.189. The number of carbonyl (C=O) groups excluding carboxylic acids is 1. The van der Waals surface area contributed by atoms with Gasteiger partial charge in [-0.2, -0.15) is 35.1 Å². The lowest BCUT2D eigenvalue weighted by Crippen LogP contribution is -2.54. The zero-order valence-electron chi connectivity index (χ0n) is 15.1. The van der Waals surface area contributed by atoms with Crippen molar-refractivity contribution in [2.45, 2.75) is 18.0 Å². The number of hydrogen-bond acceptors (Lipinski definition) is 4. The third kappa shape index (κ3) is 6.32. The SMILES string of the molecule is FC(F)=S.Nc1cccc(C(=O)Nc2c(F)cc(C(O)(C(F)(F)F)C(F)(F)F)cc2Br)c1. The molecule has 0 unspecified atom stereocenters. The van der Waals surface area contributed by atoms with Gasteiger partial charge >= 0.3 is 17.7 Å². The zero-order chi connectivity index (χ0) is 25.1. The molecule has 0 saturated carbocycles. The Morgan fingerprint density at radius 2 is 1.53 bits per heavy atom. The molecule has 0 fully saturated rings. The summed E-state index contributed by atoms with van der Waals surface area (Å²) in [7, 11) is 0. The van der Waals surface area contributed by atoms with Crippen LogP contribution in [0.3, 0.4) is 0 Å². The zero-order valence-corrected chi connectivity index (χ0v) is 17.5. The molecule has 1 amide bonds. The van der Waals surface area contributed by atoms with Crippen molar-refractivity contribution < 1.29 is 49.4 Å². The first-order valence-corrected chi connectivity index (χ1v) is 8.99. The Hall–Kier alpha value is -2.39. The largest absolute Gasteiger partial charge is 0.430 e. The van der Waals surface area contributed by atoms with Crippen LogP contribution in [0.25, 0.3) is 0 Å². The summed E-state index contributed by atoms with van der Waals surface area (Å²) in [6.45, 7) is 0. The van der Waals surface area contributed by atoms with Gasteiger partial charge in [-0.1, -0.05) is 6.07 Å². The highest BCUT2D eigenvalue weighted by Gasteiger charge is 2.71. The van der Waals surface area contributed by atoms with Gasteiger partial charge in [-0.15, -0.1) is 0 Å². The van der Waals surface area contributed by atoms with Gasteiger partial charge in [0.15, 0.2) is 0 Å². The number of carbonyl (C=O) groups is 1. The second-order valence-electron chi connectivity index (χ2n) is 5.83. The number of hydrogen-bond donors (Lipinski definition) is 3. The monoisotopic (exact) mass is 556 g/mol. The molecule has 2 aromatic carbocycles. The summed E-state index contributed by atoms with van der Waals surface area (Å²) < 4.78 is 111. The molecule has 0 saturated heterocycles. The van der Waals surface area contributed by atoms with E-state index in [1.54, 1.807) is 0 Å². The molecule has 0 aliphatic heterocycles. The molecule has 0 atom stereocenters. The molecular formula is C17H10BrF9N2O2S. The van der Waals surface area contributed by atoms with Crippen molar-refractivity contribution in [3.8, 4) is 0 Å². The molecule has 4 N–H and O–H groups in total. The van der Waals surface area contributed by atoms with Crippen LogP contribution in [0.1, 0.15) is 15.9 Å². The van der Waals surface area contributed by atoms with Crippen LogP contribution in [0.4, 0.5) is 50.9 Å². The topological polar surface area (TPSA) is 75.4 Å². The predicted octanol–water partition coefficient (Wildman–Crippen LogP) is 5.95. The minimum absolute atomic E-state index is 0.0301. The Balaban J connectivity index is 0.00000118. The third-order valence-corrected chi connectivity index (χ3v) is 4.29. The first-order valence-electron chi connectivity index (χ1n) is 7.79. The molecule has 2 rings (SSSR count). The fraction of sp³-hybridized carbons (Fsp3) is 0.176. The van der Waals surface area contributed by atoms with Crippen LogP contribution in [-0.2, 0) is 5.60 Å². The van der Waals surface area contributed by atoms with Gasteiger partial charge in [0, 0.05) is 21.3 Å². The summed E-state index contributed by atoms with van der Waals surface area (Å²) >= 11 is 5.82. The van der Waals surface area contributed by atoms with Gasteiger partial charge in [0.2, 0.25) is 0 Å². The molecule has 0 radical (unpaired) electrons. The van der Waals surface area contributed by atoms with Crippen molar-refractivity contribution in [3.05, 3.63) is 57.8 Å². The smallest absolute Gasteiger partial charge is 0.399 e. The molecule has 0 aliphatic carbocycles. The molecule has 0 heterocycles. The lowest BCUT2D eigenvalue weighted by Gasteiger charge is -2.33. The highest BCUT2D eigenvalue weighted by Crippen LogP contribution is 2.51. The molecule has 0 aromatic heterocycles. The van der Waals surface area contributed by atoms with Crippen LogP contribution >= 0.6 is 28.1 Å². The van der Waals surface area contributed by atoms with Gasteiger partial charge in [0.25, 0.3) is 11.5 Å². The number of aliphatic hydroxyl groups is 1. The number of nitrogens with two attached hydrogens (primary N) is 1. The maximum atomic E-state index is 14.3. The van der Waals surface area contributed by atoms with E-state index in [0.717, 1.165) is 0 Å². The fourth-order valence-corrected chi connectivity index (χ4v) is 2.79. The van der Waals surface area contributed by atoms with E-state index in [2.05, 4.69) is 28.1 Å². The summed E-state index contributed by atoms with van der Waals surface area (Å²) in [4.78, 5) is 12.1. The highest BCUT2D eigenvalue weighted by molar-refractivity contribution is 9.10. The summed E-state index contributed by atoms with van der Waals surface area (Å²) in [5, 5.41) is 9.36. The van der Waals surface area contributed by atoms with Crippen LogP contribution in [-0.4, -0.2) is 28.7 Å². The Labute approximate surface area is 187 Å². The van der Waals surface area contributed by atoms with E-state index in [1.165, 1.54) is 24.3 Å². The van der Waals surface area contributed by atoms with Gasteiger partial charge < -0.3 is 16.2 Å². The molecule has 4 nitrogen and oxygen atoms in total. The fourth-order valence-electron chi connectivity index (χ4n) is 2.26. The van der Waals surface area contributed by atoms with Gasteiger partial charge in [0.1, 0.15) is 5.82 Å². The van der Waals surface area contributed by atoms with E-state index >= 15 is 0 Å². The number of alkyl halides is 6. The Morgan fingerprint density at radius 1 is 1.03 bits per heavy atom. The number of rotatable bonds is 3. The van der Waals surface area contributed by atoms with Crippen LogP contribution in [0.15, 0.2) is 40.9 Å². The van der Waals surface area contributed by atoms with Crippen molar-refractivity contribution in [1.29, 1.82) is 0 Å². The molecule has 0 aliphatic rings. The van der Waals surface area contributed by atoms with Crippen LogP contribution < -0.4 is 11.1 Å². The molecule has 176 valence electrons. The molecule has 32 heavy (non-hydrogen) atoms. The normalized spacial score (nSPS) is 12.0. The number of nitrogen functional groups attached to an aromatic ring is 1. The van der Waals surface area contributed by atoms with Crippen LogP contribution in [0.5, 0.6) is 0 Å². The maximum Gasteiger partial charge on any atom is 0.430 e. The molecule has 2 aromatic rings. The number of thiocarbonyl (C=S) groups is 1. The van der Waals surface area contributed by atoms with Gasteiger partial charge in [0.05, 0.1) is 5.69 Å². The van der Waals surface area contributed by atoms with E-state index < -0.39 is 50.8 Å². The van der Waals surface area contributed by atoms with Crippen LogP contribution in [0, 0.1) is 5.82 Å². The Morgan fingerprint density at radius 3 is 1.94 bits per heavy atom. The van der Waals surface area contributed by atoms with E-state index in [0.29, 0.717) is 0 Å². The lowest BCUT2D eigenvalue weighted by molar-refractivity contribution is -0.376. The number of benzene rings is 2. The second-order valence-corrected chi connectivity index (χ2v) is 6.99. The Kier molecular flexibility index (Phi) is 8.67. The minimum atomic E-state index is -6.18. The van der Waals surface area contributed by atoms with E-state index in [1.807, 2.05) is 5.32 Å². The first kappa shape index (κ1) is 27.6.